The molecule has 6 heteroatoms. The minimum atomic E-state index is -0.840. The van der Waals surface area contributed by atoms with Crippen LogP contribution in [0.3, 0.4) is 0 Å². The fourth-order valence-electron chi connectivity index (χ4n) is 10.7. The predicted molar refractivity (Wildman–Crippen MR) is 333 cm³/mol. The Morgan fingerprint density at radius 2 is 0.658 bits per heavy atom. The van der Waals surface area contributed by atoms with E-state index in [9.17, 15) is 19.8 Å². The van der Waals surface area contributed by atoms with Gasteiger partial charge in [-0.2, -0.15) is 0 Å². The number of hydrogen-bond acceptors (Lipinski definition) is 5. The van der Waals surface area contributed by atoms with Gasteiger partial charge in [0.2, 0.25) is 5.91 Å². The van der Waals surface area contributed by atoms with Gasteiger partial charge in [-0.3, -0.25) is 9.59 Å². The second-order valence-electron chi connectivity index (χ2n) is 23.5. The van der Waals surface area contributed by atoms with Gasteiger partial charge in [0.15, 0.2) is 0 Å². The van der Waals surface area contributed by atoms with Crippen LogP contribution in [0.2, 0.25) is 0 Å². The van der Waals surface area contributed by atoms with Crippen molar-refractivity contribution in [1.29, 1.82) is 0 Å². The quantitative estimate of drug-likeness (QED) is 0.0320. The Bertz CT molecular complexity index is 1230. The number of unbranched alkanes of at least 4 members (excludes halogenated alkanes) is 49. The Labute approximate surface area is 474 Å². The zero-order valence-corrected chi connectivity index (χ0v) is 51.3. The summed E-state index contributed by atoms with van der Waals surface area (Å²) < 4.78 is 5.50. The van der Waals surface area contributed by atoms with E-state index >= 15 is 0 Å². The van der Waals surface area contributed by atoms with Gasteiger partial charge >= 0.3 is 5.97 Å². The molecule has 76 heavy (non-hydrogen) atoms. The molecule has 0 aliphatic rings. The summed E-state index contributed by atoms with van der Waals surface area (Å²) in [5.74, 6) is -0.0514. The number of allylic oxidation sites excluding steroid dienone is 5. The van der Waals surface area contributed by atoms with E-state index in [-0.39, 0.29) is 18.5 Å². The molecule has 0 aromatic heterocycles. The number of esters is 1. The lowest BCUT2D eigenvalue weighted by atomic mass is 10.0. The highest BCUT2D eigenvalue weighted by Gasteiger charge is 2.18. The van der Waals surface area contributed by atoms with Crippen LogP contribution in [0.1, 0.15) is 373 Å². The molecule has 448 valence electrons. The molecule has 0 aliphatic carbocycles. The lowest BCUT2D eigenvalue weighted by Gasteiger charge is -2.20. The largest absolute Gasteiger partial charge is 0.466 e. The molecule has 0 aromatic rings. The second kappa shape index (κ2) is 65.6. The maximum absolute atomic E-state index is 12.4. The molecule has 0 fully saturated rings. The monoisotopic (exact) mass is 1070 g/mol. The molecule has 2 unspecified atom stereocenters. The molecule has 0 saturated carbocycles. The first-order valence-electron chi connectivity index (χ1n) is 34.3. The third-order valence-electron chi connectivity index (χ3n) is 15.9. The van der Waals surface area contributed by atoms with Crippen molar-refractivity contribution < 1.29 is 24.5 Å². The number of amides is 1. The molecule has 0 saturated heterocycles. The number of carbonyl (C=O) groups excluding carboxylic acids is 2. The van der Waals surface area contributed by atoms with Crippen molar-refractivity contribution in [1.82, 2.24) is 5.32 Å². The van der Waals surface area contributed by atoms with Crippen LogP contribution in [-0.4, -0.2) is 47.4 Å². The predicted octanol–water partition coefficient (Wildman–Crippen LogP) is 21.9. The number of aliphatic hydroxyl groups is 2. The maximum Gasteiger partial charge on any atom is 0.305 e. The minimum absolute atomic E-state index is 0.0122. The van der Waals surface area contributed by atoms with Crippen LogP contribution in [0.25, 0.3) is 0 Å². The molecule has 0 spiro atoms. The van der Waals surface area contributed by atoms with Gasteiger partial charge in [-0.05, 0) is 64.2 Å². The fourth-order valence-corrected chi connectivity index (χ4v) is 10.7. The number of hydrogen-bond donors (Lipinski definition) is 3. The van der Waals surface area contributed by atoms with E-state index in [0.29, 0.717) is 19.4 Å². The van der Waals surface area contributed by atoms with Crippen LogP contribution in [0.5, 0.6) is 0 Å². The number of carbonyl (C=O) groups is 2. The van der Waals surface area contributed by atoms with Gasteiger partial charge < -0.3 is 20.3 Å². The Balaban J connectivity index is 3.33. The van der Waals surface area contributed by atoms with E-state index < -0.39 is 12.1 Å². The molecule has 6 nitrogen and oxygen atoms in total. The smallest absolute Gasteiger partial charge is 0.305 e. The van der Waals surface area contributed by atoms with Gasteiger partial charge in [-0.25, -0.2) is 0 Å². The third-order valence-corrected chi connectivity index (χ3v) is 15.9. The van der Waals surface area contributed by atoms with Crippen molar-refractivity contribution in [2.24, 2.45) is 0 Å². The molecule has 0 bridgehead atoms. The van der Waals surface area contributed by atoms with Gasteiger partial charge in [-0.1, -0.05) is 333 Å². The van der Waals surface area contributed by atoms with Crippen LogP contribution in [0, 0.1) is 0 Å². The first-order valence-corrected chi connectivity index (χ1v) is 34.3. The highest BCUT2D eigenvalue weighted by molar-refractivity contribution is 5.76. The molecule has 2 atom stereocenters. The fraction of sp³-hybridized carbons (Fsp3) is 0.886. The average molecular weight is 1070 g/mol. The molecule has 3 N–H and O–H groups in total. The first-order chi connectivity index (χ1) is 37.5. The van der Waals surface area contributed by atoms with Crippen molar-refractivity contribution in [3.05, 3.63) is 36.5 Å². The van der Waals surface area contributed by atoms with E-state index in [1.807, 2.05) is 6.08 Å². The summed E-state index contributed by atoms with van der Waals surface area (Å²) in [6.45, 7) is 4.89. The molecular weight excluding hydrogens is 935 g/mol. The molecule has 1 amide bonds. The standard InChI is InChI=1S/C70H133NO5/c1-3-5-7-9-11-13-15-17-18-33-37-40-44-48-52-56-60-64-70(75)76-65-61-57-53-49-45-41-38-35-32-30-28-26-24-22-20-19-21-23-25-27-29-31-34-36-39-43-47-51-55-59-63-69(74)71-67(66-72)68(73)62-58-54-50-46-42-16-14-12-10-8-6-4-2/h11,13,17-18,58,62,67-68,72-73H,3-10,12,14-16,19-57,59-61,63-66H2,1-2H3,(H,71,74)/b13-11-,18-17-,62-58+. The van der Waals surface area contributed by atoms with Gasteiger partial charge in [0.1, 0.15) is 0 Å². The van der Waals surface area contributed by atoms with Gasteiger partial charge in [0.25, 0.3) is 0 Å². The van der Waals surface area contributed by atoms with Gasteiger partial charge in [-0.15, -0.1) is 0 Å². The van der Waals surface area contributed by atoms with Gasteiger partial charge in [0.05, 0.1) is 25.4 Å². The number of rotatable bonds is 64. The minimum Gasteiger partial charge on any atom is -0.466 e. The highest BCUT2D eigenvalue weighted by Crippen LogP contribution is 2.18. The Hall–Kier alpha value is -1.92. The SMILES string of the molecule is CCCCC/C=C\C/C=C\CCCCCCCCCC(=O)OCCCCCCCCCCCCCCCCCCCCCCCCCCCCCCCCC(=O)NC(CO)C(O)/C=C/CCCCCCCCCCCC. The van der Waals surface area contributed by atoms with Crippen LogP contribution >= 0.6 is 0 Å². The van der Waals surface area contributed by atoms with Crippen LogP contribution in [-0.2, 0) is 14.3 Å². The molecule has 0 aliphatic heterocycles. The third kappa shape index (κ3) is 61.3. The average Bonchev–Trinajstić information content (AvgIpc) is 3.42. The van der Waals surface area contributed by atoms with Crippen LogP contribution in [0.15, 0.2) is 36.5 Å². The van der Waals surface area contributed by atoms with Crippen molar-refractivity contribution in [3.63, 3.8) is 0 Å². The normalized spacial score (nSPS) is 12.7. The molecule has 0 rings (SSSR count). The summed E-state index contributed by atoms with van der Waals surface area (Å²) in [4.78, 5) is 24.5. The van der Waals surface area contributed by atoms with Crippen LogP contribution in [0.4, 0.5) is 0 Å². The van der Waals surface area contributed by atoms with E-state index in [1.54, 1.807) is 6.08 Å². The lowest BCUT2D eigenvalue weighted by Crippen LogP contribution is -2.45. The number of nitrogens with one attached hydrogen (secondary N) is 1. The molecule has 0 heterocycles. The topological polar surface area (TPSA) is 95.9 Å². The van der Waals surface area contributed by atoms with E-state index in [0.717, 1.165) is 51.4 Å². The number of ether oxygens (including phenoxy) is 1. The van der Waals surface area contributed by atoms with E-state index in [2.05, 4.69) is 43.5 Å². The van der Waals surface area contributed by atoms with Crippen molar-refractivity contribution >= 4 is 11.9 Å². The van der Waals surface area contributed by atoms with Crippen molar-refractivity contribution in [2.45, 2.75) is 386 Å². The van der Waals surface area contributed by atoms with E-state index in [4.69, 9.17) is 4.74 Å². The summed E-state index contributed by atoms with van der Waals surface area (Å²) >= 11 is 0. The molecule has 0 radical (unpaired) electrons. The lowest BCUT2D eigenvalue weighted by molar-refractivity contribution is -0.143. The van der Waals surface area contributed by atoms with Gasteiger partial charge in [0, 0.05) is 12.8 Å². The zero-order chi connectivity index (χ0) is 55.0. The van der Waals surface area contributed by atoms with Crippen molar-refractivity contribution in [3.8, 4) is 0 Å². The summed E-state index contributed by atoms with van der Waals surface area (Å²) in [7, 11) is 0. The zero-order valence-electron chi connectivity index (χ0n) is 51.3. The summed E-state index contributed by atoms with van der Waals surface area (Å²) in [6.07, 6.45) is 83.7. The summed E-state index contributed by atoms with van der Waals surface area (Å²) in [5, 5.41) is 23.1. The van der Waals surface area contributed by atoms with Crippen LogP contribution < -0.4 is 5.32 Å². The molecular formula is C70H133NO5. The summed E-state index contributed by atoms with van der Waals surface area (Å²) in [5.41, 5.74) is 0. The summed E-state index contributed by atoms with van der Waals surface area (Å²) in [6, 6.07) is -0.624. The highest BCUT2D eigenvalue weighted by atomic mass is 16.5. The van der Waals surface area contributed by atoms with E-state index in [1.165, 1.54) is 295 Å². The van der Waals surface area contributed by atoms with Crippen molar-refractivity contribution in [2.75, 3.05) is 13.2 Å². The second-order valence-corrected chi connectivity index (χ2v) is 23.5. The molecule has 0 aromatic carbocycles. The Kier molecular flexibility index (Phi) is 63.9. The number of aliphatic hydroxyl groups excluding tert-OH is 2. The Morgan fingerprint density at radius 1 is 0.368 bits per heavy atom. The Morgan fingerprint density at radius 3 is 1.03 bits per heavy atom. The maximum atomic E-state index is 12.4. The first kappa shape index (κ1) is 74.1.